The molecule has 39 heavy (non-hydrogen) atoms. The lowest BCUT2D eigenvalue weighted by Crippen LogP contribution is -2.38. The molecule has 202 valence electrons. The number of fused-ring (bicyclic) bond motifs is 1. The van der Waals surface area contributed by atoms with Crippen LogP contribution in [0.4, 0.5) is 5.69 Å². The van der Waals surface area contributed by atoms with Crippen molar-refractivity contribution in [3.63, 3.8) is 0 Å². The first-order valence-electron chi connectivity index (χ1n) is 12.6. The van der Waals surface area contributed by atoms with Crippen LogP contribution in [0.1, 0.15) is 28.8 Å². The zero-order valence-electron chi connectivity index (χ0n) is 21.9. The number of aliphatic hydroxyl groups excluding tert-OH is 1. The van der Waals surface area contributed by atoms with Crippen molar-refractivity contribution in [2.45, 2.75) is 32.2 Å². The van der Waals surface area contributed by atoms with Gasteiger partial charge in [0.05, 0.1) is 20.8 Å². The van der Waals surface area contributed by atoms with E-state index >= 15 is 0 Å². The lowest BCUT2D eigenvalue weighted by atomic mass is 10.0. The Bertz CT molecular complexity index is 1580. The minimum atomic E-state index is -0.786. The topological polar surface area (TPSA) is 116 Å². The molecule has 0 bridgehead atoms. The Hall–Kier alpha value is -4.34. The van der Waals surface area contributed by atoms with Crippen molar-refractivity contribution in [2.75, 3.05) is 26.1 Å². The monoisotopic (exact) mass is 531 g/mol. The molecule has 3 aromatic carbocycles. The van der Waals surface area contributed by atoms with Crippen molar-refractivity contribution in [2.24, 2.45) is 0 Å². The van der Waals surface area contributed by atoms with Gasteiger partial charge in [-0.2, -0.15) is 0 Å². The van der Waals surface area contributed by atoms with Crippen LogP contribution in [0.5, 0.6) is 17.2 Å². The van der Waals surface area contributed by atoms with Crippen molar-refractivity contribution in [3.05, 3.63) is 82.2 Å². The maximum Gasteiger partial charge on any atom is 0.360 e. The number of hydrogen-bond acceptors (Lipinski definition) is 8. The first kappa shape index (κ1) is 26.3. The highest BCUT2D eigenvalue weighted by molar-refractivity contribution is 6.05. The van der Waals surface area contributed by atoms with E-state index in [1.165, 1.54) is 0 Å². The first-order valence-corrected chi connectivity index (χ1v) is 12.6. The molecule has 2 atom stereocenters. The second kappa shape index (κ2) is 11.2. The van der Waals surface area contributed by atoms with Gasteiger partial charge in [-0.15, -0.1) is 0 Å². The number of aliphatic hydroxyl groups is 1. The zero-order valence-corrected chi connectivity index (χ0v) is 21.9. The van der Waals surface area contributed by atoms with E-state index < -0.39 is 23.9 Å². The third-order valence-corrected chi connectivity index (χ3v) is 6.68. The number of ether oxygens (including phenoxy) is 4. The largest absolute Gasteiger partial charge is 0.497 e. The first-order chi connectivity index (χ1) is 18.9. The highest BCUT2D eigenvalue weighted by Gasteiger charge is 2.26. The molecule has 9 heteroatoms. The summed E-state index contributed by atoms with van der Waals surface area (Å²) in [6.07, 6.45) is -0.169. The normalized spacial score (nSPS) is 17.0. The Morgan fingerprint density at radius 2 is 1.85 bits per heavy atom. The van der Waals surface area contributed by atoms with Crippen molar-refractivity contribution in [3.8, 4) is 28.4 Å². The van der Waals surface area contributed by atoms with Gasteiger partial charge in [-0.05, 0) is 73.9 Å². The molecule has 1 aliphatic heterocycles. The maximum absolute atomic E-state index is 13.2. The van der Waals surface area contributed by atoms with Gasteiger partial charge in [-0.3, -0.25) is 4.79 Å². The molecular weight excluding hydrogens is 502 g/mol. The zero-order chi connectivity index (χ0) is 27.5. The second-order valence-corrected chi connectivity index (χ2v) is 9.22. The van der Waals surface area contributed by atoms with Crippen molar-refractivity contribution in [1.82, 2.24) is 0 Å². The maximum atomic E-state index is 13.2. The summed E-state index contributed by atoms with van der Waals surface area (Å²) < 4.78 is 27.8. The number of rotatable bonds is 7. The highest BCUT2D eigenvalue weighted by atomic mass is 16.7. The smallest absolute Gasteiger partial charge is 0.360 e. The van der Waals surface area contributed by atoms with E-state index in [1.807, 2.05) is 24.3 Å². The second-order valence-electron chi connectivity index (χ2n) is 9.22. The Balaban J connectivity index is 1.41. The van der Waals surface area contributed by atoms with Crippen molar-refractivity contribution < 1.29 is 33.3 Å². The Kier molecular flexibility index (Phi) is 7.53. The molecule has 1 aliphatic rings. The molecule has 1 fully saturated rings. The van der Waals surface area contributed by atoms with E-state index in [1.54, 1.807) is 57.5 Å². The van der Waals surface area contributed by atoms with E-state index in [9.17, 15) is 14.7 Å². The lowest BCUT2D eigenvalue weighted by Gasteiger charge is -2.28. The molecule has 1 aromatic heterocycles. The molecule has 1 saturated heterocycles. The fraction of sp³-hybridized carbons (Fsp3) is 0.267. The van der Waals surface area contributed by atoms with Gasteiger partial charge in [-0.25, -0.2) is 4.79 Å². The molecule has 9 nitrogen and oxygen atoms in total. The summed E-state index contributed by atoms with van der Waals surface area (Å²) in [4.78, 5) is 26.0. The fourth-order valence-electron chi connectivity index (χ4n) is 4.56. The van der Waals surface area contributed by atoms with Crippen LogP contribution in [0.25, 0.3) is 22.1 Å². The molecule has 2 N–H and O–H groups in total. The Morgan fingerprint density at radius 3 is 2.62 bits per heavy atom. The summed E-state index contributed by atoms with van der Waals surface area (Å²) in [7, 11) is 3.14. The van der Waals surface area contributed by atoms with Crippen LogP contribution >= 0.6 is 0 Å². The van der Waals surface area contributed by atoms with E-state index in [2.05, 4.69) is 5.32 Å². The van der Waals surface area contributed by atoms with Gasteiger partial charge in [0.25, 0.3) is 5.91 Å². The molecule has 4 aromatic rings. The van der Waals surface area contributed by atoms with Crippen LogP contribution in [0, 0.1) is 6.92 Å². The number of amides is 1. The highest BCUT2D eigenvalue weighted by Crippen LogP contribution is 2.34. The van der Waals surface area contributed by atoms with Gasteiger partial charge in [-0.1, -0.05) is 12.1 Å². The predicted molar refractivity (Wildman–Crippen MR) is 146 cm³/mol. The summed E-state index contributed by atoms with van der Waals surface area (Å²) in [6, 6.07) is 17.4. The van der Waals surface area contributed by atoms with Gasteiger partial charge in [0.15, 0.2) is 0 Å². The van der Waals surface area contributed by atoms with Crippen LogP contribution < -0.4 is 25.2 Å². The van der Waals surface area contributed by atoms with E-state index in [0.717, 1.165) is 12.0 Å². The Labute approximate surface area is 224 Å². The number of nitrogens with one attached hydrogen (secondary N) is 1. The molecule has 1 amide bonds. The van der Waals surface area contributed by atoms with E-state index in [4.69, 9.17) is 23.4 Å². The molecule has 0 saturated carbocycles. The number of aryl methyl sites for hydroxylation is 1. The van der Waals surface area contributed by atoms with Crippen LogP contribution in [0.15, 0.2) is 69.9 Å². The summed E-state index contributed by atoms with van der Waals surface area (Å²) in [5.74, 6) is 1.22. The molecule has 2 heterocycles. The Morgan fingerprint density at radius 1 is 1.03 bits per heavy atom. The SMILES string of the molecule is COc1cccc(-c2cc(C(=O)Nc3cc4ccc(O[C@@H]5OCCC[C@H]5O)c(C)c4oc3=O)ccc2OC)c1. The summed E-state index contributed by atoms with van der Waals surface area (Å²) in [6.45, 7) is 2.26. The van der Waals surface area contributed by atoms with Crippen LogP contribution in [-0.4, -0.2) is 44.2 Å². The standard InChI is InChI=1S/C30H29NO8/c1-17-25(38-30-24(32)8-5-13-37-30)11-9-19-16-23(29(34)39-27(17)19)31-28(33)20-10-12-26(36-3)22(15-20)18-6-4-7-21(14-18)35-2/h4,6-7,9-12,14-16,24,30,32H,5,8,13H2,1-3H3,(H,31,33)/t24-,30+/m1/s1. The van der Waals surface area contributed by atoms with Crippen molar-refractivity contribution in [1.29, 1.82) is 0 Å². The third kappa shape index (κ3) is 5.45. The minimum absolute atomic E-state index is 0.00496. The lowest BCUT2D eigenvalue weighted by molar-refractivity contribution is -0.170. The van der Waals surface area contributed by atoms with Gasteiger partial charge in [0, 0.05) is 22.1 Å². The van der Waals surface area contributed by atoms with Gasteiger partial charge in [0.1, 0.15) is 34.6 Å². The average molecular weight is 532 g/mol. The number of methoxy groups -OCH3 is 2. The van der Waals surface area contributed by atoms with Gasteiger partial charge in [0.2, 0.25) is 6.29 Å². The van der Waals surface area contributed by atoms with Crippen LogP contribution in [0.2, 0.25) is 0 Å². The molecule has 0 unspecified atom stereocenters. The third-order valence-electron chi connectivity index (χ3n) is 6.68. The minimum Gasteiger partial charge on any atom is -0.497 e. The molecule has 5 rings (SSSR count). The van der Waals surface area contributed by atoms with E-state index in [-0.39, 0.29) is 5.69 Å². The number of carbonyl (C=O) groups is 1. The average Bonchev–Trinajstić information content (AvgIpc) is 2.96. The van der Waals surface area contributed by atoms with Gasteiger partial charge >= 0.3 is 5.63 Å². The van der Waals surface area contributed by atoms with E-state index in [0.29, 0.717) is 57.9 Å². The summed E-state index contributed by atoms with van der Waals surface area (Å²) >= 11 is 0. The summed E-state index contributed by atoms with van der Waals surface area (Å²) in [5.41, 5.74) is 2.05. The number of benzene rings is 3. The number of carbonyl (C=O) groups excluding carboxylic acids is 1. The number of anilines is 1. The van der Waals surface area contributed by atoms with Crippen LogP contribution in [0.3, 0.4) is 0 Å². The quantitative estimate of drug-likeness (QED) is 0.323. The van der Waals surface area contributed by atoms with Crippen LogP contribution in [-0.2, 0) is 4.74 Å². The summed E-state index contributed by atoms with van der Waals surface area (Å²) in [5, 5.41) is 13.4. The molecule has 0 radical (unpaired) electrons. The molecule has 0 spiro atoms. The predicted octanol–water partition coefficient (Wildman–Crippen LogP) is 4.91. The number of hydrogen-bond donors (Lipinski definition) is 2. The molecular formula is C30H29NO8. The van der Waals surface area contributed by atoms with Crippen molar-refractivity contribution >= 4 is 22.6 Å². The molecule has 0 aliphatic carbocycles. The van der Waals surface area contributed by atoms with Gasteiger partial charge < -0.3 is 33.8 Å². The fourth-order valence-corrected chi connectivity index (χ4v) is 4.56.